The van der Waals surface area contributed by atoms with Crippen LogP contribution in [0.3, 0.4) is 0 Å². The maximum atomic E-state index is 5.40. The molecule has 0 bridgehead atoms. The quantitative estimate of drug-likeness (QED) is 0.243. The molecule has 4 heteroatoms. The van der Waals surface area contributed by atoms with Crippen LogP contribution in [0.4, 0.5) is 0 Å². The molecule has 0 amide bonds. The van der Waals surface area contributed by atoms with Gasteiger partial charge in [-0.2, -0.15) is 0 Å². The lowest BCUT2D eigenvalue weighted by atomic mass is 9.92. The highest BCUT2D eigenvalue weighted by atomic mass is 15.0. The van der Waals surface area contributed by atoms with Gasteiger partial charge in [0.1, 0.15) is 5.65 Å². The Bertz CT molecular complexity index is 2070. The minimum absolute atomic E-state index is 0.917. The monoisotopic (exact) mass is 446 g/mol. The van der Waals surface area contributed by atoms with E-state index in [1.807, 2.05) is 24.8 Å². The highest BCUT2D eigenvalue weighted by molar-refractivity contribution is 6.15. The smallest absolute Gasteiger partial charge is 0.146 e. The average Bonchev–Trinajstić information content (AvgIpc) is 3.60. The number of rotatable bonds is 0. The lowest BCUT2D eigenvalue weighted by molar-refractivity contribution is 1.23. The largest absolute Gasteiger partial charge is 0.291 e. The van der Waals surface area contributed by atoms with Gasteiger partial charge in [0, 0.05) is 53.8 Å². The fourth-order valence-electron chi connectivity index (χ4n) is 6.61. The predicted octanol–water partition coefficient (Wildman–Crippen LogP) is 6.73. The van der Waals surface area contributed by atoms with Crippen molar-refractivity contribution in [3.63, 3.8) is 0 Å². The summed E-state index contributed by atoms with van der Waals surface area (Å²) < 4.78 is 2.39. The number of benzene rings is 3. The molecular formula is C31H18N4. The maximum absolute atomic E-state index is 5.40. The first-order valence-corrected chi connectivity index (χ1v) is 12.0. The van der Waals surface area contributed by atoms with Gasteiger partial charge in [-0.15, -0.1) is 0 Å². The van der Waals surface area contributed by atoms with Gasteiger partial charge in [-0.25, -0.2) is 4.98 Å². The predicted molar refractivity (Wildman–Crippen MR) is 140 cm³/mol. The molecule has 2 aliphatic rings. The molecule has 4 aromatic heterocycles. The first-order chi connectivity index (χ1) is 17.4. The Kier molecular flexibility index (Phi) is 3.11. The van der Waals surface area contributed by atoms with Crippen molar-refractivity contribution in [1.82, 2.24) is 19.4 Å². The van der Waals surface area contributed by atoms with E-state index in [0.29, 0.717) is 0 Å². The van der Waals surface area contributed by atoms with Crippen molar-refractivity contribution in [3.8, 4) is 22.3 Å². The van der Waals surface area contributed by atoms with Gasteiger partial charge >= 0.3 is 0 Å². The summed E-state index contributed by atoms with van der Waals surface area (Å²) in [5.74, 6) is 0. The molecule has 0 atom stereocenters. The number of aromatic nitrogens is 4. The van der Waals surface area contributed by atoms with Gasteiger partial charge in [0.15, 0.2) is 0 Å². The van der Waals surface area contributed by atoms with Gasteiger partial charge in [-0.1, -0.05) is 48.5 Å². The molecule has 7 aromatic rings. The van der Waals surface area contributed by atoms with Crippen molar-refractivity contribution in [3.05, 3.63) is 108 Å². The number of fused-ring (bicyclic) bond motifs is 17. The summed E-state index contributed by atoms with van der Waals surface area (Å²) in [7, 11) is 0. The van der Waals surface area contributed by atoms with Gasteiger partial charge < -0.3 is 0 Å². The average molecular weight is 447 g/mol. The maximum Gasteiger partial charge on any atom is 0.146 e. The van der Waals surface area contributed by atoms with Crippen LogP contribution in [-0.4, -0.2) is 19.4 Å². The third-order valence-corrected chi connectivity index (χ3v) is 8.00. The van der Waals surface area contributed by atoms with E-state index in [1.165, 1.54) is 50.0 Å². The van der Waals surface area contributed by atoms with Crippen molar-refractivity contribution in [2.24, 2.45) is 0 Å². The Hall–Kier alpha value is -4.57. The second-order valence-corrected chi connectivity index (χ2v) is 9.66. The lowest BCUT2D eigenvalue weighted by Crippen LogP contribution is -1.96. The van der Waals surface area contributed by atoms with Crippen molar-refractivity contribution >= 4 is 38.4 Å². The van der Waals surface area contributed by atoms with Crippen LogP contribution in [0.1, 0.15) is 22.3 Å². The molecular weight excluding hydrogens is 428 g/mol. The Morgan fingerprint density at radius 2 is 1.29 bits per heavy atom. The van der Waals surface area contributed by atoms with Crippen molar-refractivity contribution < 1.29 is 0 Å². The van der Waals surface area contributed by atoms with E-state index in [1.54, 1.807) is 0 Å². The van der Waals surface area contributed by atoms with E-state index in [2.05, 4.69) is 75.0 Å². The molecule has 3 aromatic carbocycles. The molecule has 4 nitrogen and oxygen atoms in total. The molecule has 0 spiro atoms. The molecule has 0 N–H and O–H groups in total. The van der Waals surface area contributed by atoms with Crippen molar-refractivity contribution in [2.75, 3.05) is 0 Å². The molecule has 0 radical (unpaired) electrons. The summed E-state index contributed by atoms with van der Waals surface area (Å²) in [6.07, 6.45) is 9.49. The standard InChI is InChI=1S/C31H18N4/c1-3-7-19-17(5-1)13-22-27(19)28-20-8-4-2-6-18(20)14-23(28)30-29(22)34-31-21-9-11-32-15-24(21)25-16-33-12-10-26(25)35(30)31/h1-12,15-16H,13-14H2. The minimum Gasteiger partial charge on any atom is -0.291 e. The Morgan fingerprint density at radius 1 is 0.629 bits per heavy atom. The fourth-order valence-corrected chi connectivity index (χ4v) is 6.61. The molecule has 0 saturated carbocycles. The molecule has 162 valence electrons. The van der Waals surface area contributed by atoms with Gasteiger partial charge in [0.2, 0.25) is 0 Å². The third-order valence-electron chi connectivity index (χ3n) is 8.00. The number of imidazole rings is 1. The van der Waals surface area contributed by atoms with Crippen LogP contribution in [0.5, 0.6) is 0 Å². The van der Waals surface area contributed by atoms with Crippen LogP contribution in [0.2, 0.25) is 0 Å². The van der Waals surface area contributed by atoms with Crippen LogP contribution >= 0.6 is 0 Å². The van der Waals surface area contributed by atoms with Crippen LogP contribution in [0.25, 0.3) is 60.6 Å². The summed E-state index contributed by atoms with van der Waals surface area (Å²) >= 11 is 0. The molecule has 35 heavy (non-hydrogen) atoms. The number of hydrogen-bond donors (Lipinski definition) is 0. The molecule has 0 saturated heterocycles. The zero-order valence-corrected chi connectivity index (χ0v) is 18.8. The second-order valence-electron chi connectivity index (χ2n) is 9.66. The van der Waals surface area contributed by atoms with Crippen LogP contribution in [0.15, 0.2) is 85.5 Å². The Balaban J connectivity index is 1.59. The molecule has 0 fully saturated rings. The SMILES string of the molecule is c1ccc2c(c1)Cc1c-2c2c(c3c1nc1c4ccncc4c4cnccc4n13)Cc1ccccc1-2. The van der Waals surface area contributed by atoms with E-state index in [0.717, 1.165) is 45.7 Å². The number of pyridine rings is 3. The van der Waals surface area contributed by atoms with E-state index >= 15 is 0 Å². The summed E-state index contributed by atoms with van der Waals surface area (Å²) in [5, 5.41) is 3.32. The highest BCUT2D eigenvalue weighted by Crippen LogP contribution is 2.53. The summed E-state index contributed by atoms with van der Waals surface area (Å²) in [4.78, 5) is 14.3. The van der Waals surface area contributed by atoms with Gasteiger partial charge in [-0.05, 0) is 56.6 Å². The molecule has 0 aliphatic heterocycles. The fraction of sp³-hybridized carbons (Fsp3) is 0.0645. The minimum atomic E-state index is 0.917. The van der Waals surface area contributed by atoms with Crippen LogP contribution in [-0.2, 0) is 12.8 Å². The van der Waals surface area contributed by atoms with Gasteiger partial charge in [0.05, 0.1) is 16.6 Å². The van der Waals surface area contributed by atoms with E-state index in [4.69, 9.17) is 4.98 Å². The molecule has 0 unspecified atom stereocenters. The first kappa shape index (κ1) is 17.8. The Labute approximate surface area is 200 Å². The van der Waals surface area contributed by atoms with Gasteiger partial charge in [0.25, 0.3) is 0 Å². The lowest BCUT2D eigenvalue weighted by Gasteiger charge is -2.13. The normalized spacial score (nSPS) is 13.5. The van der Waals surface area contributed by atoms with E-state index in [9.17, 15) is 0 Å². The van der Waals surface area contributed by atoms with Crippen LogP contribution < -0.4 is 0 Å². The van der Waals surface area contributed by atoms with Crippen molar-refractivity contribution in [1.29, 1.82) is 0 Å². The summed E-state index contributed by atoms with van der Waals surface area (Å²) in [6, 6.07) is 22.0. The Morgan fingerprint density at radius 3 is 2.09 bits per heavy atom. The number of nitrogens with zero attached hydrogens (tertiary/aromatic N) is 4. The topological polar surface area (TPSA) is 43.1 Å². The van der Waals surface area contributed by atoms with Crippen molar-refractivity contribution in [2.45, 2.75) is 12.8 Å². The highest BCUT2D eigenvalue weighted by Gasteiger charge is 2.34. The molecule has 4 heterocycles. The third kappa shape index (κ3) is 2.07. The van der Waals surface area contributed by atoms with Crippen LogP contribution in [0, 0.1) is 0 Å². The zero-order valence-electron chi connectivity index (χ0n) is 18.8. The molecule has 2 aliphatic carbocycles. The second kappa shape index (κ2) is 6.10. The van der Waals surface area contributed by atoms with E-state index in [-0.39, 0.29) is 0 Å². The zero-order chi connectivity index (χ0) is 22.7. The summed E-state index contributed by atoms with van der Waals surface area (Å²) in [5.41, 5.74) is 15.5. The van der Waals surface area contributed by atoms with E-state index < -0.39 is 0 Å². The first-order valence-electron chi connectivity index (χ1n) is 12.0. The summed E-state index contributed by atoms with van der Waals surface area (Å²) in [6.45, 7) is 0. The number of hydrogen-bond acceptors (Lipinski definition) is 3. The molecule has 9 rings (SSSR count). The van der Waals surface area contributed by atoms with Gasteiger partial charge in [-0.3, -0.25) is 14.4 Å².